The molecule has 62 heavy (non-hydrogen) atoms. The minimum atomic E-state index is -1.74. The van der Waals surface area contributed by atoms with Gasteiger partial charge in [-0.2, -0.15) is 0 Å². The monoisotopic (exact) mass is 872 g/mol. The maximum atomic E-state index is 12.9. The van der Waals surface area contributed by atoms with Crippen LogP contribution < -0.4 is 4.74 Å². The second kappa shape index (κ2) is 18.0. The molecule has 3 saturated carbocycles. The molecule has 3 aliphatic heterocycles. The highest BCUT2D eigenvalue weighted by atomic mass is 16.8. The fourth-order valence-electron chi connectivity index (χ4n) is 13.1. The molecule has 3 saturated heterocycles. The van der Waals surface area contributed by atoms with Crippen molar-refractivity contribution in [1.29, 1.82) is 0 Å². The van der Waals surface area contributed by atoms with Crippen molar-refractivity contribution in [3.63, 3.8) is 0 Å². The van der Waals surface area contributed by atoms with Crippen molar-refractivity contribution in [2.75, 3.05) is 20.3 Å². The zero-order valence-electron chi connectivity index (χ0n) is 36.7. The molecule has 7 aliphatic rings. The summed E-state index contributed by atoms with van der Waals surface area (Å²) in [6.07, 6.45) is -5.44. The van der Waals surface area contributed by atoms with Crippen LogP contribution in [-0.4, -0.2) is 142 Å². The van der Waals surface area contributed by atoms with Crippen molar-refractivity contribution >= 4 is 5.97 Å². The summed E-state index contributed by atoms with van der Waals surface area (Å²) in [6, 6.07) is 6.21. The minimum Gasteiger partial charge on any atom is -0.497 e. The summed E-state index contributed by atoms with van der Waals surface area (Å²) in [5.74, 6) is 1.00. The lowest BCUT2D eigenvalue weighted by Crippen LogP contribution is -2.64. The van der Waals surface area contributed by atoms with Gasteiger partial charge in [-0.15, -0.1) is 0 Å². The fraction of sp³-hybridized carbons (Fsp3) is 0.766. The SMILES string of the molecule is COc1ccc(C(=O)O[C@@H]2[C@@H](O)[C@@H](O)[C@H](O[C@H]3[C@H](O[C@H]4CC[C@@]5(C)C(=CC[C@H]6[C@@H]7C[C@@H]8O[C@@H](O)[C@H](C=C(C)C)[C@@H](C)[C@@H]8[C@@]7(CO)CC[C@@H]65)C4)O[C@H](CO)[C@@H](O)[C@@H]3O)O[C@H]2C)cc1. The third-order valence-electron chi connectivity index (χ3n) is 16.3. The number of fused-ring (bicyclic) bond motifs is 7. The molecule has 346 valence electrons. The van der Waals surface area contributed by atoms with Gasteiger partial charge in [0.25, 0.3) is 0 Å². The molecule has 3 heterocycles. The molecular formula is C47H68O15. The van der Waals surface area contributed by atoms with E-state index in [1.165, 1.54) is 24.8 Å². The number of hydrogen-bond acceptors (Lipinski definition) is 15. The predicted octanol–water partition coefficient (Wildman–Crippen LogP) is 2.99. The van der Waals surface area contributed by atoms with Crippen LogP contribution in [0.15, 0.2) is 47.6 Å². The van der Waals surface area contributed by atoms with Gasteiger partial charge in [0.15, 0.2) is 25.0 Å². The average Bonchev–Trinajstić information content (AvgIpc) is 3.59. The first kappa shape index (κ1) is 46.0. The summed E-state index contributed by atoms with van der Waals surface area (Å²) >= 11 is 0. The molecule has 4 aliphatic carbocycles. The lowest BCUT2D eigenvalue weighted by atomic mass is 9.46. The highest BCUT2D eigenvalue weighted by molar-refractivity contribution is 5.89. The normalized spacial score (nSPS) is 47.5. The van der Waals surface area contributed by atoms with Gasteiger partial charge in [-0.1, -0.05) is 37.1 Å². The molecule has 1 aromatic carbocycles. The lowest BCUT2D eigenvalue weighted by molar-refractivity contribution is -0.369. The number of carbonyl (C=O) groups is 1. The van der Waals surface area contributed by atoms with E-state index in [0.29, 0.717) is 30.4 Å². The topological polar surface area (TPSA) is 223 Å². The molecule has 0 radical (unpaired) electrons. The summed E-state index contributed by atoms with van der Waals surface area (Å²) < 4.78 is 41.8. The number of allylic oxidation sites excluding steroid dienone is 2. The van der Waals surface area contributed by atoms with E-state index in [9.17, 15) is 40.5 Å². The second-order valence-corrected chi connectivity index (χ2v) is 19.8. The summed E-state index contributed by atoms with van der Waals surface area (Å²) in [5, 5.41) is 77.1. The Morgan fingerprint density at radius 1 is 0.871 bits per heavy atom. The van der Waals surface area contributed by atoms with Crippen LogP contribution >= 0.6 is 0 Å². The number of methoxy groups -OCH3 is 1. The van der Waals surface area contributed by atoms with E-state index >= 15 is 0 Å². The number of benzene rings is 1. The van der Waals surface area contributed by atoms with Crippen molar-refractivity contribution in [2.45, 2.75) is 159 Å². The summed E-state index contributed by atoms with van der Waals surface area (Å²) in [6.45, 7) is 9.73. The zero-order valence-corrected chi connectivity index (χ0v) is 36.7. The molecule has 15 heteroatoms. The smallest absolute Gasteiger partial charge is 0.338 e. The van der Waals surface area contributed by atoms with Crippen molar-refractivity contribution in [2.24, 2.45) is 46.3 Å². The van der Waals surface area contributed by atoms with E-state index in [0.717, 1.165) is 37.7 Å². The Morgan fingerprint density at radius 3 is 2.27 bits per heavy atom. The molecule has 15 nitrogen and oxygen atoms in total. The van der Waals surface area contributed by atoms with Gasteiger partial charge in [0.2, 0.25) is 0 Å². The minimum absolute atomic E-state index is 0.0991. The molecule has 0 bridgehead atoms. The lowest BCUT2D eigenvalue weighted by Gasteiger charge is -2.59. The van der Waals surface area contributed by atoms with Gasteiger partial charge in [0.05, 0.1) is 37.6 Å². The van der Waals surface area contributed by atoms with Gasteiger partial charge in [0.1, 0.15) is 42.4 Å². The maximum absolute atomic E-state index is 12.9. The molecule has 0 spiro atoms. The van der Waals surface area contributed by atoms with Gasteiger partial charge in [-0.25, -0.2) is 4.79 Å². The predicted molar refractivity (Wildman–Crippen MR) is 221 cm³/mol. The van der Waals surface area contributed by atoms with Gasteiger partial charge in [-0.3, -0.25) is 0 Å². The Hall–Kier alpha value is -2.51. The molecule has 8 rings (SSSR count). The van der Waals surface area contributed by atoms with E-state index in [2.05, 4.69) is 26.0 Å². The van der Waals surface area contributed by atoms with E-state index in [1.54, 1.807) is 19.1 Å². The average molecular weight is 873 g/mol. The zero-order chi connectivity index (χ0) is 44.4. The molecule has 7 N–H and O–H groups in total. The van der Waals surface area contributed by atoms with Crippen LogP contribution in [0.4, 0.5) is 0 Å². The van der Waals surface area contributed by atoms with Crippen LogP contribution in [0.25, 0.3) is 0 Å². The molecule has 0 aromatic heterocycles. The first-order chi connectivity index (χ1) is 29.5. The molecule has 21 atom stereocenters. The Labute approximate surface area is 363 Å². The third kappa shape index (κ3) is 7.99. The third-order valence-corrected chi connectivity index (χ3v) is 16.3. The number of hydrogen-bond donors (Lipinski definition) is 7. The second-order valence-electron chi connectivity index (χ2n) is 19.8. The molecular weight excluding hydrogens is 805 g/mol. The number of aliphatic hydroxyl groups excluding tert-OH is 7. The quantitative estimate of drug-likeness (QED) is 0.133. The summed E-state index contributed by atoms with van der Waals surface area (Å²) in [5.41, 5.74) is 2.25. The van der Waals surface area contributed by atoms with Crippen LogP contribution in [0.2, 0.25) is 0 Å². The largest absolute Gasteiger partial charge is 0.497 e. The van der Waals surface area contributed by atoms with Gasteiger partial charge in [0, 0.05) is 17.9 Å². The summed E-state index contributed by atoms with van der Waals surface area (Å²) in [7, 11) is 1.50. The van der Waals surface area contributed by atoms with E-state index < -0.39 is 80.3 Å². The summed E-state index contributed by atoms with van der Waals surface area (Å²) in [4.78, 5) is 12.9. The van der Waals surface area contributed by atoms with Gasteiger partial charge < -0.3 is 68.9 Å². The Morgan fingerprint density at radius 2 is 1.60 bits per heavy atom. The molecule has 6 fully saturated rings. The van der Waals surface area contributed by atoms with Crippen LogP contribution in [0, 0.1) is 46.3 Å². The highest BCUT2D eigenvalue weighted by Gasteiger charge is 2.66. The number of ether oxygens (including phenoxy) is 7. The van der Waals surface area contributed by atoms with E-state index in [-0.39, 0.29) is 58.9 Å². The van der Waals surface area contributed by atoms with E-state index in [4.69, 9.17) is 33.2 Å². The standard InChI is InChI=1S/C47H68O15/c1-22(2)17-30-23(3)35-33(59-43(30)55)19-32-29-12-9-26-18-28(13-15-46(26,5)31(29)14-16-47(32,35)21-49)58-45-41(37(51)36(50)34(20-48)60-45)62-44-39(53)38(52)40(24(4)57-44)61-42(54)25-7-10-27(56-6)11-8-25/h7-11,17,23-24,28-41,43-45,48-53,55H,12-16,18-21H2,1-6H3/t23-,24+,28+,29-,30-,31+,32+,33+,34-,35+,36-,37+,38+,39-,40+,41-,43-,44+,45-,46+,47-/m1/s1. The van der Waals surface area contributed by atoms with Crippen molar-refractivity contribution < 1.29 is 73.7 Å². The number of carbonyl (C=O) groups excluding carboxylic acids is 1. The van der Waals surface area contributed by atoms with Crippen LogP contribution in [-0.2, 0) is 28.4 Å². The Kier molecular flexibility index (Phi) is 13.4. The van der Waals surface area contributed by atoms with Crippen molar-refractivity contribution in [1.82, 2.24) is 0 Å². The number of rotatable bonds is 10. The van der Waals surface area contributed by atoms with Gasteiger partial charge in [-0.05, 0) is 125 Å². The molecule has 0 amide bonds. The van der Waals surface area contributed by atoms with Crippen molar-refractivity contribution in [3.05, 3.63) is 53.1 Å². The molecule has 1 aromatic rings. The first-order valence-corrected chi connectivity index (χ1v) is 22.6. The van der Waals surface area contributed by atoms with E-state index in [1.807, 2.05) is 13.8 Å². The Bertz CT molecular complexity index is 1800. The van der Waals surface area contributed by atoms with Crippen LogP contribution in [0.1, 0.15) is 89.9 Å². The molecule has 0 unspecified atom stereocenters. The van der Waals surface area contributed by atoms with Crippen molar-refractivity contribution in [3.8, 4) is 5.75 Å². The maximum Gasteiger partial charge on any atom is 0.338 e. The highest BCUT2D eigenvalue weighted by Crippen LogP contribution is 2.69. The number of esters is 1. The first-order valence-electron chi connectivity index (χ1n) is 22.6. The Balaban J connectivity index is 0.951. The fourth-order valence-corrected chi connectivity index (χ4v) is 13.1. The van der Waals surface area contributed by atoms with Gasteiger partial charge >= 0.3 is 5.97 Å². The van der Waals surface area contributed by atoms with Crippen LogP contribution in [0.3, 0.4) is 0 Å². The van der Waals surface area contributed by atoms with Crippen LogP contribution in [0.5, 0.6) is 5.75 Å². The number of aliphatic hydroxyl groups is 7.